The third-order valence-corrected chi connectivity index (χ3v) is 3.60. The van der Waals surface area contributed by atoms with E-state index < -0.39 is 6.04 Å². The van der Waals surface area contributed by atoms with Crippen molar-refractivity contribution in [3.05, 3.63) is 35.2 Å². The summed E-state index contributed by atoms with van der Waals surface area (Å²) in [6, 6.07) is 7.55. The molecule has 0 aliphatic carbocycles. The van der Waals surface area contributed by atoms with Crippen molar-refractivity contribution in [1.29, 1.82) is 0 Å². The van der Waals surface area contributed by atoms with Gasteiger partial charge in [0.2, 0.25) is 0 Å². The van der Waals surface area contributed by atoms with Crippen LogP contribution in [0.15, 0.2) is 29.6 Å². The molecule has 2 rings (SSSR count). The Kier molecular flexibility index (Phi) is 3.76. The monoisotopic (exact) mass is 249 g/mol. The fraction of sp³-hybridized carbons (Fsp3) is 0.308. The molecule has 0 amide bonds. The first-order valence-electron chi connectivity index (χ1n) is 5.59. The van der Waals surface area contributed by atoms with Crippen LogP contribution < -0.4 is 5.73 Å². The van der Waals surface area contributed by atoms with Crippen LogP contribution in [0, 0.1) is 0 Å². The fourth-order valence-electron chi connectivity index (χ4n) is 1.76. The molecule has 1 heterocycles. The van der Waals surface area contributed by atoms with Crippen LogP contribution in [0.25, 0.3) is 10.1 Å². The highest BCUT2D eigenvalue weighted by molar-refractivity contribution is 7.17. The number of benzene rings is 1. The Labute approximate surface area is 104 Å². The molecule has 0 aliphatic heterocycles. The van der Waals surface area contributed by atoms with Gasteiger partial charge in [0.15, 0.2) is 0 Å². The second kappa shape index (κ2) is 5.29. The van der Waals surface area contributed by atoms with Crippen molar-refractivity contribution in [2.45, 2.75) is 19.4 Å². The Morgan fingerprint density at radius 3 is 3.00 bits per heavy atom. The van der Waals surface area contributed by atoms with Gasteiger partial charge in [-0.25, -0.2) is 0 Å². The van der Waals surface area contributed by atoms with Crippen LogP contribution in [0.3, 0.4) is 0 Å². The molecular formula is C13H15NO2S. The quantitative estimate of drug-likeness (QED) is 0.846. The molecule has 0 radical (unpaired) electrons. The van der Waals surface area contributed by atoms with Gasteiger partial charge in [-0.1, -0.05) is 18.2 Å². The van der Waals surface area contributed by atoms with Crippen LogP contribution in [0.1, 0.15) is 12.5 Å². The summed E-state index contributed by atoms with van der Waals surface area (Å²) in [5.41, 5.74) is 6.93. The average Bonchev–Trinajstić information content (AvgIpc) is 2.73. The molecule has 1 aromatic carbocycles. The van der Waals surface area contributed by atoms with Gasteiger partial charge < -0.3 is 10.5 Å². The maximum atomic E-state index is 11.5. The lowest BCUT2D eigenvalue weighted by atomic mass is 10.1. The van der Waals surface area contributed by atoms with Crippen LogP contribution in [-0.2, 0) is 16.0 Å². The van der Waals surface area contributed by atoms with E-state index in [9.17, 15) is 4.79 Å². The highest BCUT2D eigenvalue weighted by Crippen LogP contribution is 2.26. The molecule has 1 unspecified atom stereocenters. The summed E-state index contributed by atoms with van der Waals surface area (Å²) >= 11 is 1.67. The highest BCUT2D eigenvalue weighted by Gasteiger charge is 2.16. The zero-order valence-corrected chi connectivity index (χ0v) is 10.5. The molecule has 3 nitrogen and oxygen atoms in total. The van der Waals surface area contributed by atoms with Crippen molar-refractivity contribution in [1.82, 2.24) is 0 Å². The Bertz CT molecular complexity index is 521. The van der Waals surface area contributed by atoms with Crippen molar-refractivity contribution in [2.75, 3.05) is 6.61 Å². The zero-order valence-electron chi connectivity index (χ0n) is 9.68. The molecule has 1 atom stereocenters. The lowest BCUT2D eigenvalue weighted by Gasteiger charge is -2.09. The van der Waals surface area contributed by atoms with Crippen molar-refractivity contribution in [2.24, 2.45) is 5.73 Å². The molecule has 0 spiro atoms. The summed E-state index contributed by atoms with van der Waals surface area (Å²) in [4.78, 5) is 11.5. The third-order valence-electron chi connectivity index (χ3n) is 2.59. The van der Waals surface area contributed by atoms with E-state index in [1.54, 1.807) is 18.3 Å². The van der Waals surface area contributed by atoms with E-state index in [4.69, 9.17) is 10.5 Å². The minimum Gasteiger partial charge on any atom is -0.465 e. The van der Waals surface area contributed by atoms with Crippen LogP contribution in [-0.4, -0.2) is 18.6 Å². The highest BCUT2D eigenvalue weighted by atomic mass is 32.1. The molecule has 1 aromatic heterocycles. The van der Waals surface area contributed by atoms with Crippen LogP contribution in [0.2, 0.25) is 0 Å². The Balaban J connectivity index is 2.16. The van der Waals surface area contributed by atoms with Gasteiger partial charge in [0, 0.05) is 4.70 Å². The minimum atomic E-state index is -0.576. The predicted octanol–water partition coefficient (Wildman–Crippen LogP) is 2.33. The number of carbonyl (C=O) groups excluding carboxylic acids is 1. The summed E-state index contributed by atoms with van der Waals surface area (Å²) in [5.74, 6) is -0.331. The molecule has 0 aliphatic rings. The molecule has 2 N–H and O–H groups in total. The largest absolute Gasteiger partial charge is 0.465 e. The van der Waals surface area contributed by atoms with Crippen molar-refractivity contribution in [3.8, 4) is 0 Å². The van der Waals surface area contributed by atoms with Gasteiger partial charge in [-0.2, -0.15) is 0 Å². The standard InChI is InChI=1S/C13H15NO2S/c1-2-16-13(15)11(14)7-9-8-17-12-6-4-3-5-10(9)12/h3-6,8,11H,2,7,14H2,1H3. The number of thiophene rings is 1. The number of nitrogens with two attached hydrogens (primary N) is 1. The first-order chi connectivity index (χ1) is 8.22. The van der Waals surface area contributed by atoms with Gasteiger partial charge in [0.1, 0.15) is 6.04 Å². The van der Waals surface area contributed by atoms with Gasteiger partial charge in [0.25, 0.3) is 0 Å². The van der Waals surface area contributed by atoms with Gasteiger partial charge in [0.05, 0.1) is 6.61 Å². The molecule has 0 fully saturated rings. The number of hydrogen-bond acceptors (Lipinski definition) is 4. The molecule has 0 bridgehead atoms. The topological polar surface area (TPSA) is 52.3 Å². The normalized spacial score (nSPS) is 12.6. The summed E-state index contributed by atoms with van der Waals surface area (Å²) in [6.45, 7) is 2.15. The Morgan fingerprint density at radius 1 is 1.47 bits per heavy atom. The number of ether oxygens (including phenoxy) is 1. The summed E-state index contributed by atoms with van der Waals surface area (Å²) in [5, 5.41) is 3.24. The molecule has 17 heavy (non-hydrogen) atoms. The third kappa shape index (κ3) is 2.65. The Morgan fingerprint density at radius 2 is 2.24 bits per heavy atom. The number of hydrogen-bond donors (Lipinski definition) is 1. The van der Waals surface area contributed by atoms with Gasteiger partial charge in [-0.05, 0) is 35.7 Å². The molecular weight excluding hydrogens is 234 g/mol. The number of fused-ring (bicyclic) bond motifs is 1. The molecule has 2 aromatic rings. The molecule has 4 heteroatoms. The summed E-state index contributed by atoms with van der Waals surface area (Å²) < 4.78 is 6.12. The minimum absolute atomic E-state index is 0.331. The van der Waals surface area contributed by atoms with Crippen LogP contribution in [0.5, 0.6) is 0 Å². The second-order valence-electron chi connectivity index (χ2n) is 3.82. The molecule has 0 saturated carbocycles. The van der Waals surface area contributed by atoms with E-state index in [0.29, 0.717) is 13.0 Å². The zero-order chi connectivity index (χ0) is 12.3. The lowest BCUT2D eigenvalue weighted by Crippen LogP contribution is -2.34. The maximum Gasteiger partial charge on any atom is 0.323 e. The smallest absolute Gasteiger partial charge is 0.323 e. The number of rotatable bonds is 4. The van der Waals surface area contributed by atoms with Gasteiger partial charge >= 0.3 is 5.97 Å². The van der Waals surface area contributed by atoms with Crippen LogP contribution >= 0.6 is 11.3 Å². The SMILES string of the molecule is CCOC(=O)C(N)Cc1csc2ccccc12. The number of esters is 1. The van der Waals surface area contributed by atoms with E-state index in [1.807, 2.05) is 12.1 Å². The maximum absolute atomic E-state index is 11.5. The van der Waals surface area contributed by atoms with E-state index in [1.165, 1.54) is 10.1 Å². The molecule has 0 saturated heterocycles. The second-order valence-corrected chi connectivity index (χ2v) is 4.73. The fourth-order valence-corrected chi connectivity index (χ4v) is 2.74. The molecule has 90 valence electrons. The van der Waals surface area contributed by atoms with E-state index in [2.05, 4.69) is 17.5 Å². The van der Waals surface area contributed by atoms with Gasteiger partial charge in [-0.3, -0.25) is 4.79 Å². The van der Waals surface area contributed by atoms with Crippen molar-refractivity contribution < 1.29 is 9.53 Å². The van der Waals surface area contributed by atoms with Gasteiger partial charge in [-0.15, -0.1) is 11.3 Å². The number of carbonyl (C=O) groups is 1. The summed E-state index contributed by atoms with van der Waals surface area (Å²) in [7, 11) is 0. The van der Waals surface area contributed by atoms with E-state index in [-0.39, 0.29) is 5.97 Å². The lowest BCUT2D eigenvalue weighted by molar-refractivity contribution is -0.144. The predicted molar refractivity (Wildman–Crippen MR) is 70.1 cm³/mol. The summed E-state index contributed by atoms with van der Waals surface area (Å²) in [6.07, 6.45) is 0.531. The Hall–Kier alpha value is -1.39. The van der Waals surface area contributed by atoms with Crippen molar-refractivity contribution in [3.63, 3.8) is 0 Å². The first-order valence-corrected chi connectivity index (χ1v) is 6.47. The van der Waals surface area contributed by atoms with E-state index >= 15 is 0 Å². The first kappa shape index (κ1) is 12.1. The van der Waals surface area contributed by atoms with Crippen molar-refractivity contribution >= 4 is 27.4 Å². The van der Waals surface area contributed by atoms with Crippen LogP contribution in [0.4, 0.5) is 0 Å². The van der Waals surface area contributed by atoms with E-state index in [0.717, 1.165) is 5.56 Å². The average molecular weight is 249 g/mol.